The Balaban J connectivity index is 2.75. The van der Waals surface area contributed by atoms with Gasteiger partial charge >= 0.3 is 0 Å². The van der Waals surface area contributed by atoms with E-state index in [2.05, 4.69) is 41.4 Å². The van der Waals surface area contributed by atoms with Crippen molar-refractivity contribution in [1.82, 2.24) is 0 Å². The minimum Gasteiger partial charge on any atom is -0.0841 e. The third kappa shape index (κ3) is 3.43. The summed E-state index contributed by atoms with van der Waals surface area (Å²) in [5, 5.41) is 0. The van der Waals surface area contributed by atoms with Crippen LogP contribution in [-0.4, -0.2) is 3.92 Å². The molecule has 0 radical (unpaired) electrons. The highest BCUT2D eigenvalue weighted by Gasteiger charge is 1.84. The van der Waals surface area contributed by atoms with Gasteiger partial charge in [-0.1, -0.05) is 52.6 Å². The molecule has 0 aliphatic heterocycles. The van der Waals surface area contributed by atoms with E-state index in [1.54, 1.807) is 0 Å². The molecule has 1 rings (SSSR count). The van der Waals surface area contributed by atoms with Gasteiger partial charge in [-0.25, -0.2) is 0 Å². The maximum Gasteiger partial charge on any atom is 0.0694 e. The molecule has 1 aromatic carbocycles. The average Bonchev–Trinajstić information content (AvgIpc) is 2.03. The summed E-state index contributed by atoms with van der Waals surface area (Å²) in [6.07, 6.45) is 0. The summed E-state index contributed by atoms with van der Waals surface area (Å²) in [6.45, 7) is 2.08. The van der Waals surface area contributed by atoms with E-state index in [0.29, 0.717) is 3.92 Å². The van der Waals surface area contributed by atoms with E-state index in [9.17, 15) is 0 Å². The molecule has 0 spiro atoms. The Morgan fingerprint density at radius 3 is 2.45 bits per heavy atom. The predicted molar refractivity (Wildman–Crippen MR) is 56.8 cm³/mol. The molecule has 0 nitrogen and oxygen atoms in total. The molecule has 1 unspecified atom stereocenters. The van der Waals surface area contributed by atoms with Crippen LogP contribution in [0.3, 0.4) is 0 Å². The van der Waals surface area contributed by atoms with Crippen molar-refractivity contribution < 1.29 is 0 Å². The second-order valence-corrected chi connectivity index (χ2v) is 4.12. The molecule has 1 aromatic rings. The summed E-state index contributed by atoms with van der Waals surface area (Å²) in [5.41, 5.74) is 1.09. The van der Waals surface area contributed by atoms with E-state index in [0.717, 1.165) is 5.56 Å². The lowest BCUT2D eigenvalue weighted by Crippen LogP contribution is -1.80. The van der Waals surface area contributed by atoms with Gasteiger partial charge in [-0.05, 0) is 19.1 Å². The van der Waals surface area contributed by atoms with Crippen molar-refractivity contribution in [2.24, 2.45) is 0 Å². The van der Waals surface area contributed by atoms with Crippen molar-refractivity contribution in [3.63, 3.8) is 0 Å². The fraction of sp³-hybridized carbons (Fsp3) is 0.200. The Bertz CT molecular complexity index is 264. The first-order valence-corrected chi connectivity index (χ1v) is 4.74. The number of halogens is 1. The zero-order valence-corrected chi connectivity index (χ0v) is 8.50. The monoisotopic (exact) mass is 256 g/mol. The fourth-order valence-electron chi connectivity index (χ4n) is 0.704. The third-order valence-electron chi connectivity index (χ3n) is 1.19. The fourth-order valence-corrected chi connectivity index (χ4v) is 0.860. The van der Waals surface area contributed by atoms with Gasteiger partial charge in [-0.15, -0.1) is 0 Å². The quantitative estimate of drug-likeness (QED) is 0.380. The lowest BCUT2D eigenvalue weighted by molar-refractivity contribution is 1.35. The number of hydrogen-bond acceptors (Lipinski definition) is 0. The van der Waals surface area contributed by atoms with Gasteiger partial charge in [0.25, 0.3) is 0 Å². The van der Waals surface area contributed by atoms with Crippen LogP contribution in [-0.2, 0) is 0 Å². The lowest BCUT2D eigenvalue weighted by atomic mass is 10.2. The van der Waals surface area contributed by atoms with Crippen LogP contribution in [0.15, 0.2) is 30.3 Å². The first kappa shape index (κ1) is 8.61. The molecular weight excluding hydrogens is 247 g/mol. The molecule has 1 heteroatoms. The standard InChI is InChI=1S/C10H9I/c1-9(11)7-8-10-5-3-2-4-6-10/h2-6,9H,1H3. The average molecular weight is 256 g/mol. The van der Waals surface area contributed by atoms with E-state index in [4.69, 9.17) is 0 Å². The van der Waals surface area contributed by atoms with Crippen molar-refractivity contribution >= 4 is 22.6 Å². The normalized spacial score (nSPS) is 11.5. The number of rotatable bonds is 0. The van der Waals surface area contributed by atoms with Crippen LogP contribution >= 0.6 is 22.6 Å². The van der Waals surface area contributed by atoms with Crippen LogP contribution in [0, 0.1) is 11.8 Å². The Hall–Kier alpha value is -0.490. The molecule has 56 valence electrons. The van der Waals surface area contributed by atoms with E-state index in [1.807, 2.05) is 30.3 Å². The predicted octanol–water partition coefficient (Wildman–Crippen LogP) is 2.86. The lowest BCUT2D eigenvalue weighted by Gasteiger charge is -1.87. The van der Waals surface area contributed by atoms with Crippen molar-refractivity contribution in [3.8, 4) is 11.8 Å². The third-order valence-corrected chi connectivity index (χ3v) is 1.50. The minimum atomic E-state index is 0.424. The van der Waals surface area contributed by atoms with Crippen molar-refractivity contribution in [3.05, 3.63) is 35.9 Å². The second kappa shape index (κ2) is 4.40. The van der Waals surface area contributed by atoms with Gasteiger partial charge in [0.1, 0.15) is 0 Å². The molecule has 0 N–H and O–H groups in total. The van der Waals surface area contributed by atoms with E-state index >= 15 is 0 Å². The Morgan fingerprint density at radius 1 is 1.27 bits per heavy atom. The molecule has 0 bridgehead atoms. The van der Waals surface area contributed by atoms with Crippen LogP contribution in [0.2, 0.25) is 0 Å². The van der Waals surface area contributed by atoms with Crippen molar-refractivity contribution in [2.75, 3.05) is 0 Å². The van der Waals surface area contributed by atoms with Gasteiger partial charge in [0, 0.05) is 5.56 Å². The molecule has 0 saturated carbocycles. The van der Waals surface area contributed by atoms with E-state index in [1.165, 1.54) is 0 Å². The molecule has 0 aromatic heterocycles. The molecule has 0 aliphatic rings. The highest BCUT2D eigenvalue weighted by atomic mass is 127. The molecule has 1 atom stereocenters. The maximum atomic E-state index is 3.10. The molecule has 0 aliphatic carbocycles. The molecule has 0 amide bonds. The summed E-state index contributed by atoms with van der Waals surface area (Å²) in [5.74, 6) is 6.18. The largest absolute Gasteiger partial charge is 0.0841 e. The van der Waals surface area contributed by atoms with Crippen molar-refractivity contribution in [1.29, 1.82) is 0 Å². The highest BCUT2D eigenvalue weighted by Crippen LogP contribution is 1.98. The Labute approximate surface area is 81.2 Å². The number of hydrogen-bond donors (Lipinski definition) is 0. The van der Waals surface area contributed by atoms with Gasteiger partial charge in [-0.3, -0.25) is 0 Å². The smallest absolute Gasteiger partial charge is 0.0694 e. The summed E-state index contributed by atoms with van der Waals surface area (Å²) in [6, 6.07) is 10.0. The molecule has 0 fully saturated rings. The SMILES string of the molecule is CC(I)C#Cc1ccccc1. The van der Waals surface area contributed by atoms with Gasteiger partial charge in [0.2, 0.25) is 0 Å². The van der Waals surface area contributed by atoms with Crippen LogP contribution in [0.1, 0.15) is 12.5 Å². The Morgan fingerprint density at radius 2 is 1.91 bits per heavy atom. The number of benzene rings is 1. The summed E-state index contributed by atoms with van der Waals surface area (Å²) < 4.78 is 0.424. The van der Waals surface area contributed by atoms with E-state index in [-0.39, 0.29) is 0 Å². The van der Waals surface area contributed by atoms with Gasteiger partial charge in [-0.2, -0.15) is 0 Å². The van der Waals surface area contributed by atoms with E-state index < -0.39 is 0 Å². The van der Waals surface area contributed by atoms with Crippen LogP contribution in [0.5, 0.6) is 0 Å². The first-order valence-electron chi connectivity index (χ1n) is 3.49. The molecular formula is C10H9I. The maximum absolute atomic E-state index is 3.10. The van der Waals surface area contributed by atoms with Gasteiger partial charge < -0.3 is 0 Å². The molecule has 0 heterocycles. The minimum absolute atomic E-state index is 0.424. The van der Waals surface area contributed by atoms with Crippen LogP contribution in [0.4, 0.5) is 0 Å². The van der Waals surface area contributed by atoms with Gasteiger partial charge in [0.05, 0.1) is 3.92 Å². The highest BCUT2D eigenvalue weighted by molar-refractivity contribution is 14.1. The first-order chi connectivity index (χ1) is 5.29. The summed E-state index contributed by atoms with van der Waals surface area (Å²) >= 11 is 2.30. The van der Waals surface area contributed by atoms with Crippen LogP contribution in [0.25, 0.3) is 0 Å². The van der Waals surface area contributed by atoms with Gasteiger partial charge in [0.15, 0.2) is 0 Å². The Kier molecular flexibility index (Phi) is 3.44. The molecule has 11 heavy (non-hydrogen) atoms. The number of alkyl halides is 1. The topological polar surface area (TPSA) is 0 Å². The molecule has 0 saturated heterocycles. The summed E-state index contributed by atoms with van der Waals surface area (Å²) in [4.78, 5) is 0. The second-order valence-electron chi connectivity index (χ2n) is 2.25. The zero-order chi connectivity index (χ0) is 8.10. The van der Waals surface area contributed by atoms with Crippen molar-refractivity contribution in [2.45, 2.75) is 10.8 Å². The zero-order valence-electron chi connectivity index (χ0n) is 6.34. The summed E-state index contributed by atoms with van der Waals surface area (Å²) in [7, 11) is 0. The van der Waals surface area contributed by atoms with Crippen LogP contribution < -0.4 is 0 Å².